The molecule has 0 aliphatic heterocycles. The summed E-state index contributed by atoms with van der Waals surface area (Å²) in [5, 5.41) is 32.1. The predicted octanol–water partition coefficient (Wildman–Crippen LogP) is 3.65. The number of nitrogens with one attached hydrogen (secondary N) is 1. The number of halogens is 2. The van der Waals surface area contributed by atoms with Gasteiger partial charge in [-0.25, -0.2) is 13.8 Å². The lowest BCUT2D eigenvalue weighted by atomic mass is 10.1. The zero-order valence-electron chi connectivity index (χ0n) is 20.8. The van der Waals surface area contributed by atoms with Gasteiger partial charge in [0.1, 0.15) is 23.2 Å². The maximum absolute atomic E-state index is 13.6. The van der Waals surface area contributed by atoms with Crippen LogP contribution in [0.1, 0.15) is 59.8 Å². The van der Waals surface area contributed by atoms with Gasteiger partial charge in [0, 0.05) is 24.6 Å². The molecule has 1 aliphatic carbocycles. The van der Waals surface area contributed by atoms with Crippen LogP contribution in [-0.4, -0.2) is 55.5 Å². The summed E-state index contributed by atoms with van der Waals surface area (Å²) in [6.45, 7) is 0.550. The number of hydrogen-bond donors (Lipinski definition) is 4. The van der Waals surface area contributed by atoms with Gasteiger partial charge in [0.25, 0.3) is 5.91 Å². The van der Waals surface area contributed by atoms with Crippen LogP contribution in [0.2, 0.25) is 0 Å². The van der Waals surface area contributed by atoms with Crippen molar-refractivity contribution in [3.63, 3.8) is 0 Å². The molecule has 0 spiro atoms. The van der Waals surface area contributed by atoms with E-state index >= 15 is 0 Å². The van der Waals surface area contributed by atoms with Gasteiger partial charge in [-0.3, -0.25) is 9.59 Å². The zero-order chi connectivity index (χ0) is 27.2. The Morgan fingerprint density at radius 3 is 2.45 bits per heavy atom. The number of benzene rings is 2. The molecule has 10 heteroatoms. The Morgan fingerprint density at radius 1 is 1.05 bits per heavy atom. The molecule has 3 aromatic rings. The lowest BCUT2D eigenvalue weighted by Crippen LogP contribution is -2.27. The number of amides is 1. The quantitative estimate of drug-likeness (QED) is 0.269. The number of aromatic nitrogens is 2. The molecule has 4 rings (SSSR count). The lowest BCUT2D eigenvalue weighted by Gasteiger charge is -2.17. The molecule has 1 aliphatic rings. The van der Waals surface area contributed by atoms with Gasteiger partial charge in [0.15, 0.2) is 0 Å². The third-order valence-electron chi connectivity index (χ3n) is 6.52. The van der Waals surface area contributed by atoms with E-state index in [1.807, 2.05) is 4.57 Å². The maximum Gasteiger partial charge on any atom is 0.305 e. The highest BCUT2D eigenvalue weighted by Crippen LogP contribution is 2.43. The summed E-state index contributed by atoms with van der Waals surface area (Å²) in [7, 11) is 0. The average molecular weight is 528 g/mol. The van der Waals surface area contributed by atoms with Crippen molar-refractivity contribution in [2.75, 3.05) is 6.54 Å². The summed E-state index contributed by atoms with van der Waals surface area (Å²) in [5.74, 6) is -1.71. The smallest absolute Gasteiger partial charge is 0.305 e. The first kappa shape index (κ1) is 27.4. The van der Waals surface area contributed by atoms with E-state index in [-0.39, 0.29) is 49.3 Å². The van der Waals surface area contributed by atoms with Crippen molar-refractivity contribution in [1.82, 2.24) is 14.9 Å². The Kier molecular flexibility index (Phi) is 8.85. The van der Waals surface area contributed by atoms with Crippen LogP contribution in [0.15, 0.2) is 48.5 Å². The van der Waals surface area contributed by atoms with Gasteiger partial charge in [-0.15, -0.1) is 0 Å². The van der Waals surface area contributed by atoms with E-state index < -0.39 is 30.4 Å². The number of carboxylic acid groups (broad SMARTS) is 1. The normalized spacial score (nSPS) is 14.7. The van der Waals surface area contributed by atoms with Crippen LogP contribution in [0.5, 0.6) is 0 Å². The summed E-state index contributed by atoms with van der Waals surface area (Å²) in [6.07, 6.45) is -0.321. The Labute approximate surface area is 219 Å². The first-order valence-corrected chi connectivity index (χ1v) is 12.7. The number of aliphatic hydroxyl groups is 2. The van der Waals surface area contributed by atoms with E-state index in [9.17, 15) is 28.6 Å². The first-order chi connectivity index (χ1) is 18.2. The molecule has 202 valence electrons. The molecular formula is C28H31F2N3O5. The highest BCUT2D eigenvalue weighted by atomic mass is 19.1. The van der Waals surface area contributed by atoms with Crippen LogP contribution >= 0.6 is 0 Å². The topological polar surface area (TPSA) is 125 Å². The van der Waals surface area contributed by atoms with Gasteiger partial charge in [-0.05, 0) is 74.1 Å². The van der Waals surface area contributed by atoms with Crippen LogP contribution in [0.25, 0.3) is 11.4 Å². The number of carbonyl (C=O) groups excluding carboxylic acids is 1. The van der Waals surface area contributed by atoms with Gasteiger partial charge < -0.3 is 25.2 Å². The van der Waals surface area contributed by atoms with Crippen LogP contribution in [0.3, 0.4) is 0 Å². The number of aliphatic hydroxyl groups excluding tert-OH is 2. The highest BCUT2D eigenvalue weighted by molar-refractivity contribution is 5.94. The molecule has 0 unspecified atom stereocenters. The Balaban J connectivity index is 1.56. The third-order valence-corrected chi connectivity index (χ3v) is 6.52. The fourth-order valence-electron chi connectivity index (χ4n) is 4.54. The standard InChI is InChI=1S/C28H31F2N3O5/c29-20-8-6-19(7-9-20)27-32-25(28(38)31-12-10-17-2-1-3-21(30)14-17)26(18-4-5-18)33(27)13-11-22(34)15-23(35)16-24(36)37/h1-3,6-9,14,18,22-23,34-35H,4-5,10-13,15-16H2,(H,31,38)(H,36,37)/t22-,23-/m1/s1. The van der Waals surface area contributed by atoms with Gasteiger partial charge in [0.2, 0.25) is 0 Å². The van der Waals surface area contributed by atoms with E-state index in [1.54, 1.807) is 24.3 Å². The van der Waals surface area contributed by atoms with Crippen molar-refractivity contribution in [2.45, 2.75) is 63.2 Å². The fraction of sp³-hybridized carbons (Fsp3) is 0.393. The minimum Gasteiger partial charge on any atom is -0.481 e. The summed E-state index contributed by atoms with van der Waals surface area (Å²) < 4.78 is 28.9. The van der Waals surface area contributed by atoms with Crippen molar-refractivity contribution in [2.24, 2.45) is 0 Å². The van der Waals surface area contributed by atoms with Crippen molar-refractivity contribution in [3.8, 4) is 11.4 Å². The second-order valence-electron chi connectivity index (χ2n) is 9.67. The molecule has 0 bridgehead atoms. The van der Waals surface area contributed by atoms with Crippen LogP contribution in [0.4, 0.5) is 8.78 Å². The molecule has 4 N–H and O–H groups in total. The predicted molar refractivity (Wildman–Crippen MR) is 136 cm³/mol. The molecule has 0 saturated heterocycles. The largest absolute Gasteiger partial charge is 0.481 e. The van der Waals surface area contributed by atoms with E-state index in [2.05, 4.69) is 10.3 Å². The summed E-state index contributed by atoms with van der Waals surface area (Å²) in [5.41, 5.74) is 2.34. The van der Waals surface area contributed by atoms with Crippen molar-refractivity contribution in [3.05, 3.63) is 77.1 Å². The van der Waals surface area contributed by atoms with Gasteiger partial charge in [-0.2, -0.15) is 0 Å². The monoisotopic (exact) mass is 527 g/mol. The molecule has 1 fully saturated rings. The number of hydrogen-bond acceptors (Lipinski definition) is 5. The third kappa shape index (κ3) is 7.23. The Morgan fingerprint density at radius 2 is 1.79 bits per heavy atom. The number of aliphatic carboxylic acids is 1. The molecule has 1 aromatic heterocycles. The molecule has 1 heterocycles. The first-order valence-electron chi connectivity index (χ1n) is 12.7. The highest BCUT2D eigenvalue weighted by Gasteiger charge is 2.35. The van der Waals surface area contributed by atoms with Crippen molar-refractivity contribution < 1.29 is 33.7 Å². The van der Waals surface area contributed by atoms with Crippen molar-refractivity contribution >= 4 is 11.9 Å². The molecule has 1 saturated carbocycles. The summed E-state index contributed by atoms with van der Waals surface area (Å²) in [6, 6.07) is 11.9. The molecule has 1 amide bonds. The van der Waals surface area contributed by atoms with E-state index in [4.69, 9.17) is 5.11 Å². The second kappa shape index (κ2) is 12.3. The molecule has 8 nitrogen and oxygen atoms in total. The number of nitrogens with zero attached hydrogens (tertiary/aromatic N) is 2. The Bertz CT molecular complexity index is 1270. The van der Waals surface area contributed by atoms with Gasteiger partial charge in [-0.1, -0.05) is 12.1 Å². The number of rotatable bonds is 13. The van der Waals surface area contributed by atoms with Gasteiger partial charge >= 0.3 is 5.97 Å². The minimum absolute atomic E-state index is 0.0982. The second-order valence-corrected chi connectivity index (χ2v) is 9.67. The molecule has 2 atom stereocenters. The zero-order valence-corrected chi connectivity index (χ0v) is 20.8. The van der Waals surface area contributed by atoms with E-state index in [0.717, 1.165) is 24.1 Å². The van der Waals surface area contributed by atoms with Gasteiger partial charge in [0.05, 0.1) is 24.3 Å². The molecule has 0 radical (unpaired) electrons. The average Bonchev–Trinajstić information content (AvgIpc) is 3.62. The Hall–Kier alpha value is -3.63. The SMILES string of the molecule is O=C(O)C[C@H](O)C[C@H](O)CCn1c(-c2ccc(F)cc2)nc(C(=O)NCCc2cccc(F)c2)c1C1CC1. The lowest BCUT2D eigenvalue weighted by molar-refractivity contribution is -0.139. The molecule has 2 aromatic carbocycles. The summed E-state index contributed by atoms with van der Waals surface area (Å²) >= 11 is 0. The maximum atomic E-state index is 13.6. The number of carbonyl (C=O) groups is 2. The van der Waals surface area contributed by atoms with E-state index in [0.29, 0.717) is 17.8 Å². The van der Waals surface area contributed by atoms with Crippen LogP contribution in [-0.2, 0) is 17.8 Å². The minimum atomic E-state index is -1.18. The van der Waals surface area contributed by atoms with Crippen LogP contribution in [0, 0.1) is 11.6 Å². The fourth-order valence-corrected chi connectivity index (χ4v) is 4.54. The summed E-state index contributed by atoms with van der Waals surface area (Å²) in [4.78, 5) is 28.7. The number of imidazole rings is 1. The van der Waals surface area contributed by atoms with E-state index in [1.165, 1.54) is 24.3 Å². The molecular weight excluding hydrogens is 496 g/mol. The van der Waals surface area contributed by atoms with Crippen LogP contribution < -0.4 is 5.32 Å². The number of carboxylic acids is 1. The van der Waals surface area contributed by atoms with Crippen molar-refractivity contribution in [1.29, 1.82) is 0 Å². The molecule has 38 heavy (non-hydrogen) atoms.